The third-order valence-corrected chi connectivity index (χ3v) is 3.84. The number of aryl methyl sites for hydroxylation is 2. The van der Waals surface area contributed by atoms with Crippen molar-refractivity contribution in [1.82, 2.24) is 10.3 Å². The van der Waals surface area contributed by atoms with E-state index in [9.17, 15) is 4.79 Å². The molecule has 1 amide bonds. The number of nitrogens with one attached hydrogen (secondary N) is 2. The van der Waals surface area contributed by atoms with Crippen LogP contribution in [0.4, 0.5) is 0 Å². The van der Waals surface area contributed by atoms with Gasteiger partial charge in [0.2, 0.25) is 0 Å². The molecular weight excluding hydrogens is 224 g/mol. The van der Waals surface area contributed by atoms with Crippen LogP contribution in [0.15, 0.2) is 18.2 Å². The molecule has 1 aliphatic rings. The number of rotatable bonds is 3. The molecule has 0 aliphatic heterocycles. The Morgan fingerprint density at radius 1 is 1.39 bits per heavy atom. The predicted octanol–water partition coefficient (Wildman–Crippen LogP) is 2.92. The second kappa shape index (κ2) is 4.16. The standard InChI is InChI=1S/C15H18N2O/c1-9-3-6-13-12(10(9)2)7-14(17-13)15(18)16-8-11-4-5-11/h3,6-7,11,17H,4-5,8H2,1-2H3,(H,16,18). The second-order valence-corrected chi connectivity index (χ2v) is 5.31. The molecule has 1 fully saturated rings. The highest BCUT2D eigenvalue weighted by atomic mass is 16.1. The molecule has 2 N–H and O–H groups in total. The molecule has 0 radical (unpaired) electrons. The van der Waals surface area contributed by atoms with Crippen molar-refractivity contribution in [1.29, 1.82) is 0 Å². The molecule has 0 bridgehead atoms. The molecule has 1 saturated carbocycles. The van der Waals surface area contributed by atoms with E-state index in [-0.39, 0.29) is 5.91 Å². The summed E-state index contributed by atoms with van der Waals surface area (Å²) in [5.74, 6) is 0.720. The van der Waals surface area contributed by atoms with Crippen molar-refractivity contribution in [2.75, 3.05) is 6.54 Å². The lowest BCUT2D eigenvalue weighted by Crippen LogP contribution is -2.25. The minimum atomic E-state index is 0.00940. The molecule has 0 atom stereocenters. The van der Waals surface area contributed by atoms with Crippen LogP contribution < -0.4 is 5.32 Å². The van der Waals surface area contributed by atoms with Crippen molar-refractivity contribution in [3.05, 3.63) is 35.0 Å². The summed E-state index contributed by atoms with van der Waals surface area (Å²) in [6.07, 6.45) is 2.51. The summed E-state index contributed by atoms with van der Waals surface area (Å²) in [5.41, 5.74) is 4.20. The molecule has 0 unspecified atom stereocenters. The van der Waals surface area contributed by atoms with E-state index in [0.717, 1.165) is 17.4 Å². The highest BCUT2D eigenvalue weighted by Gasteiger charge is 2.22. The van der Waals surface area contributed by atoms with Gasteiger partial charge in [-0.25, -0.2) is 0 Å². The number of carbonyl (C=O) groups is 1. The lowest BCUT2D eigenvalue weighted by molar-refractivity contribution is 0.0947. The molecule has 18 heavy (non-hydrogen) atoms. The molecule has 1 aromatic heterocycles. The number of H-pyrrole nitrogens is 1. The molecule has 3 rings (SSSR count). The Hall–Kier alpha value is -1.77. The van der Waals surface area contributed by atoms with E-state index in [1.165, 1.54) is 24.0 Å². The fourth-order valence-corrected chi connectivity index (χ4v) is 2.23. The van der Waals surface area contributed by atoms with Crippen LogP contribution in [0.5, 0.6) is 0 Å². The first-order valence-corrected chi connectivity index (χ1v) is 6.52. The van der Waals surface area contributed by atoms with E-state index in [0.29, 0.717) is 11.6 Å². The Morgan fingerprint density at radius 2 is 2.17 bits per heavy atom. The zero-order chi connectivity index (χ0) is 12.7. The number of hydrogen-bond acceptors (Lipinski definition) is 1. The summed E-state index contributed by atoms with van der Waals surface area (Å²) in [6.45, 7) is 5.00. The summed E-state index contributed by atoms with van der Waals surface area (Å²) >= 11 is 0. The topological polar surface area (TPSA) is 44.9 Å². The van der Waals surface area contributed by atoms with Crippen molar-refractivity contribution in [2.45, 2.75) is 26.7 Å². The Bertz CT molecular complexity index is 608. The minimum absolute atomic E-state index is 0.00940. The number of hydrogen-bond donors (Lipinski definition) is 2. The van der Waals surface area contributed by atoms with Crippen LogP contribution in [0, 0.1) is 19.8 Å². The fraction of sp³-hybridized carbons (Fsp3) is 0.400. The quantitative estimate of drug-likeness (QED) is 0.854. The number of benzene rings is 1. The lowest BCUT2D eigenvalue weighted by Gasteiger charge is -2.00. The highest BCUT2D eigenvalue weighted by Crippen LogP contribution is 2.28. The third kappa shape index (κ3) is 2.01. The van der Waals surface area contributed by atoms with Gasteiger partial charge in [0.1, 0.15) is 5.69 Å². The first kappa shape index (κ1) is 11.3. The molecule has 0 spiro atoms. The van der Waals surface area contributed by atoms with Gasteiger partial charge in [-0.2, -0.15) is 0 Å². The van der Waals surface area contributed by atoms with Gasteiger partial charge in [-0.1, -0.05) is 6.07 Å². The van der Waals surface area contributed by atoms with Crippen molar-refractivity contribution < 1.29 is 4.79 Å². The fourth-order valence-electron chi connectivity index (χ4n) is 2.23. The van der Waals surface area contributed by atoms with E-state index in [4.69, 9.17) is 0 Å². The van der Waals surface area contributed by atoms with Crippen molar-refractivity contribution in [3.63, 3.8) is 0 Å². The Balaban J connectivity index is 1.87. The SMILES string of the molecule is Cc1ccc2[nH]c(C(=O)NCC3CC3)cc2c1C. The molecule has 2 aromatic rings. The Labute approximate surface area is 107 Å². The van der Waals surface area contributed by atoms with Crippen LogP contribution in [0.1, 0.15) is 34.5 Å². The summed E-state index contributed by atoms with van der Waals surface area (Å²) in [4.78, 5) is 15.2. The largest absolute Gasteiger partial charge is 0.351 e. The molecule has 3 nitrogen and oxygen atoms in total. The highest BCUT2D eigenvalue weighted by molar-refractivity contribution is 5.99. The smallest absolute Gasteiger partial charge is 0.267 e. The monoisotopic (exact) mass is 242 g/mol. The number of amides is 1. The number of fused-ring (bicyclic) bond motifs is 1. The van der Waals surface area contributed by atoms with E-state index < -0.39 is 0 Å². The van der Waals surface area contributed by atoms with E-state index in [2.05, 4.69) is 30.2 Å². The maximum atomic E-state index is 12.0. The zero-order valence-electron chi connectivity index (χ0n) is 10.8. The maximum Gasteiger partial charge on any atom is 0.267 e. The van der Waals surface area contributed by atoms with Gasteiger partial charge >= 0.3 is 0 Å². The normalized spacial score (nSPS) is 15.0. The van der Waals surface area contributed by atoms with Crippen molar-refractivity contribution in [2.24, 2.45) is 5.92 Å². The Kier molecular flexibility index (Phi) is 2.62. The molecule has 0 saturated heterocycles. The van der Waals surface area contributed by atoms with Gasteiger partial charge in [0.15, 0.2) is 0 Å². The second-order valence-electron chi connectivity index (χ2n) is 5.31. The first-order chi connectivity index (χ1) is 8.65. The Morgan fingerprint density at radius 3 is 2.89 bits per heavy atom. The minimum Gasteiger partial charge on any atom is -0.351 e. The van der Waals surface area contributed by atoms with Crippen LogP contribution in [-0.2, 0) is 0 Å². The average Bonchev–Trinajstić information content (AvgIpc) is 3.08. The van der Waals surface area contributed by atoms with Crippen molar-refractivity contribution >= 4 is 16.8 Å². The van der Waals surface area contributed by atoms with Crippen LogP contribution >= 0.6 is 0 Å². The summed E-state index contributed by atoms with van der Waals surface area (Å²) < 4.78 is 0. The van der Waals surface area contributed by atoms with Crippen LogP contribution in [0.2, 0.25) is 0 Å². The molecule has 1 aliphatic carbocycles. The van der Waals surface area contributed by atoms with Gasteiger partial charge in [0.05, 0.1) is 0 Å². The average molecular weight is 242 g/mol. The van der Waals surface area contributed by atoms with E-state index in [1.807, 2.05) is 12.1 Å². The summed E-state index contributed by atoms with van der Waals surface area (Å²) in [5, 5.41) is 4.13. The van der Waals surface area contributed by atoms with Crippen LogP contribution in [0.3, 0.4) is 0 Å². The number of carbonyl (C=O) groups excluding carboxylic acids is 1. The molecule has 94 valence electrons. The number of aromatic amines is 1. The summed E-state index contributed by atoms with van der Waals surface area (Å²) in [7, 11) is 0. The van der Waals surface area contributed by atoms with Gasteiger partial charge in [-0.15, -0.1) is 0 Å². The lowest BCUT2D eigenvalue weighted by atomic mass is 10.1. The molecular formula is C15H18N2O. The first-order valence-electron chi connectivity index (χ1n) is 6.52. The van der Waals surface area contributed by atoms with Gasteiger partial charge < -0.3 is 10.3 Å². The van der Waals surface area contributed by atoms with Gasteiger partial charge in [0, 0.05) is 17.4 Å². The van der Waals surface area contributed by atoms with Crippen LogP contribution in [-0.4, -0.2) is 17.4 Å². The number of aromatic nitrogens is 1. The predicted molar refractivity (Wildman–Crippen MR) is 72.8 cm³/mol. The van der Waals surface area contributed by atoms with Gasteiger partial charge in [-0.3, -0.25) is 4.79 Å². The molecule has 1 aromatic carbocycles. The van der Waals surface area contributed by atoms with Gasteiger partial charge in [-0.05, 0) is 55.9 Å². The van der Waals surface area contributed by atoms with E-state index in [1.54, 1.807) is 0 Å². The van der Waals surface area contributed by atoms with Crippen molar-refractivity contribution in [3.8, 4) is 0 Å². The third-order valence-electron chi connectivity index (χ3n) is 3.84. The molecule has 1 heterocycles. The zero-order valence-corrected chi connectivity index (χ0v) is 10.8. The maximum absolute atomic E-state index is 12.0. The van der Waals surface area contributed by atoms with Crippen LogP contribution in [0.25, 0.3) is 10.9 Å². The van der Waals surface area contributed by atoms with E-state index >= 15 is 0 Å². The molecule has 3 heteroatoms. The van der Waals surface area contributed by atoms with Gasteiger partial charge in [0.25, 0.3) is 5.91 Å². The summed E-state index contributed by atoms with van der Waals surface area (Å²) in [6, 6.07) is 6.08.